The normalized spacial score (nSPS) is 19.6. The summed E-state index contributed by atoms with van der Waals surface area (Å²) in [6, 6.07) is -0.889. The molecule has 10 nitrogen and oxygen atoms in total. The van der Waals surface area contributed by atoms with Gasteiger partial charge in [0, 0.05) is 0 Å². The Kier molecular flexibility index (Phi) is 49.2. The van der Waals surface area contributed by atoms with Crippen molar-refractivity contribution in [2.24, 2.45) is 0 Å². The van der Waals surface area contributed by atoms with Crippen LogP contribution in [0, 0.1) is 0 Å². The number of carbonyl (C=O) groups is 1. The van der Waals surface area contributed by atoms with Crippen LogP contribution in [0.4, 0.5) is 0 Å². The molecule has 8 unspecified atom stereocenters. The fourth-order valence-corrected chi connectivity index (χ4v) is 10.5. The zero-order chi connectivity index (χ0) is 51.7. The third-order valence-corrected chi connectivity index (χ3v) is 15.6. The zero-order valence-corrected chi connectivity index (χ0v) is 46.9. The molecule has 7 N–H and O–H groups in total. The number of aliphatic hydroxyl groups is 6. The SMILES string of the molecule is CCCCCCCCCCCCCCCCCCCCCCCCCCCCCCCCCC(O)C(=O)NC(COC1OC(CO)C(O)C(O)C1O)C(O)CCCCCCCCCCCCCCCCC. The fraction of sp³-hybridized carbons (Fsp3) is 0.984. The van der Waals surface area contributed by atoms with Crippen LogP contribution in [0.1, 0.15) is 322 Å². The number of rotatable bonds is 55. The molecular weight excluding hydrogens is 891 g/mol. The maximum absolute atomic E-state index is 13.2. The van der Waals surface area contributed by atoms with E-state index in [1.807, 2.05) is 0 Å². The van der Waals surface area contributed by atoms with Gasteiger partial charge < -0.3 is 45.4 Å². The Morgan fingerprint density at radius 2 is 0.704 bits per heavy atom. The molecule has 1 saturated heterocycles. The molecule has 0 aromatic carbocycles. The number of aliphatic hydroxyl groups excluding tert-OH is 6. The van der Waals surface area contributed by atoms with Gasteiger partial charge in [0.25, 0.3) is 0 Å². The third-order valence-electron chi connectivity index (χ3n) is 15.6. The number of hydrogen-bond donors (Lipinski definition) is 7. The topological polar surface area (TPSA) is 169 Å². The fourth-order valence-electron chi connectivity index (χ4n) is 10.5. The Labute approximate surface area is 438 Å². The van der Waals surface area contributed by atoms with E-state index >= 15 is 0 Å². The summed E-state index contributed by atoms with van der Waals surface area (Å²) in [6.07, 6.45) is 51.9. The van der Waals surface area contributed by atoms with Crippen molar-refractivity contribution in [2.75, 3.05) is 13.2 Å². The van der Waals surface area contributed by atoms with E-state index in [2.05, 4.69) is 19.2 Å². The number of nitrogens with one attached hydrogen (secondary N) is 1. The highest BCUT2D eigenvalue weighted by atomic mass is 16.7. The van der Waals surface area contributed by atoms with Crippen molar-refractivity contribution in [3.63, 3.8) is 0 Å². The average molecular weight is 1010 g/mol. The van der Waals surface area contributed by atoms with E-state index < -0.39 is 61.5 Å². The second kappa shape index (κ2) is 51.3. The minimum atomic E-state index is -1.59. The quantitative estimate of drug-likeness (QED) is 0.0293. The Bertz CT molecular complexity index is 1100. The van der Waals surface area contributed by atoms with Crippen LogP contribution in [0.25, 0.3) is 0 Å². The molecular formula is C61H121NO9. The van der Waals surface area contributed by atoms with Crippen LogP contribution in [-0.4, -0.2) is 98.7 Å². The van der Waals surface area contributed by atoms with E-state index in [0.29, 0.717) is 12.8 Å². The lowest BCUT2D eigenvalue weighted by Gasteiger charge is -2.40. The lowest BCUT2D eigenvalue weighted by molar-refractivity contribution is -0.302. The van der Waals surface area contributed by atoms with Gasteiger partial charge >= 0.3 is 0 Å². The number of hydrogen-bond acceptors (Lipinski definition) is 9. The van der Waals surface area contributed by atoms with Crippen LogP contribution in [0.3, 0.4) is 0 Å². The Morgan fingerprint density at radius 1 is 0.423 bits per heavy atom. The standard InChI is InChI=1S/C61H121NO9/c1-3-5-7-9-11-13-15-17-19-20-21-22-23-24-25-26-27-28-29-30-31-32-33-34-36-38-40-42-44-46-48-50-55(65)60(69)62-53(52-70-61-59(68)58(67)57(66)56(51-63)71-61)54(64)49-47-45-43-41-39-37-35-18-16-14-12-10-8-6-4-2/h53-59,61,63-68H,3-52H2,1-2H3,(H,62,69). The van der Waals surface area contributed by atoms with Gasteiger partial charge in [-0.2, -0.15) is 0 Å². The molecule has 8 atom stereocenters. The maximum atomic E-state index is 13.2. The molecule has 0 aromatic heterocycles. The molecule has 0 saturated carbocycles. The smallest absolute Gasteiger partial charge is 0.249 e. The van der Waals surface area contributed by atoms with Gasteiger partial charge in [0.2, 0.25) is 5.91 Å². The molecule has 0 spiro atoms. The van der Waals surface area contributed by atoms with Gasteiger partial charge in [0.15, 0.2) is 6.29 Å². The van der Waals surface area contributed by atoms with Gasteiger partial charge in [-0.25, -0.2) is 0 Å². The van der Waals surface area contributed by atoms with Crippen LogP contribution in [0.2, 0.25) is 0 Å². The number of carbonyl (C=O) groups excluding carboxylic acids is 1. The largest absolute Gasteiger partial charge is 0.394 e. The van der Waals surface area contributed by atoms with Crippen molar-refractivity contribution < 1.29 is 44.9 Å². The number of ether oxygens (including phenoxy) is 2. The lowest BCUT2D eigenvalue weighted by Crippen LogP contribution is -2.60. The minimum absolute atomic E-state index is 0.249. The van der Waals surface area contributed by atoms with Crippen molar-refractivity contribution in [1.29, 1.82) is 0 Å². The molecule has 1 aliphatic rings. The summed E-state index contributed by atoms with van der Waals surface area (Å²) in [4.78, 5) is 13.2. The summed E-state index contributed by atoms with van der Waals surface area (Å²) in [6.45, 7) is 3.72. The van der Waals surface area contributed by atoms with Crippen LogP contribution >= 0.6 is 0 Å². The monoisotopic (exact) mass is 1010 g/mol. The molecule has 1 heterocycles. The predicted molar refractivity (Wildman–Crippen MR) is 297 cm³/mol. The van der Waals surface area contributed by atoms with Crippen LogP contribution in [-0.2, 0) is 14.3 Å². The Morgan fingerprint density at radius 3 is 1.00 bits per heavy atom. The van der Waals surface area contributed by atoms with Gasteiger partial charge in [0.05, 0.1) is 25.4 Å². The van der Waals surface area contributed by atoms with Crippen LogP contribution in [0.15, 0.2) is 0 Å². The third kappa shape index (κ3) is 40.1. The summed E-state index contributed by atoms with van der Waals surface area (Å²) in [5.74, 6) is -0.575. The second-order valence-electron chi connectivity index (χ2n) is 22.4. The maximum Gasteiger partial charge on any atom is 0.249 e. The van der Waals surface area contributed by atoms with Crippen molar-refractivity contribution in [3.8, 4) is 0 Å². The molecule has 10 heteroatoms. The number of amides is 1. The molecule has 0 bridgehead atoms. The van der Waals surface area contributed by atoms with Crippen LogP contribution < -0.4 is 5.32 Å². The molecule has 0 aliphatic carbocycles. The molecule has 1 amide bonds. The van der Waals surface area contributed by atoms with Gasteiger partial charge in [0.1, 0.15) is 30.5 Å². The molecule has 1 fully saturated rings. The second-order valence-corrected chi connectivity index (χ2v) is 22.4. The minimum Gasteiger partial charge on any atom is -0.394 e. The highest BCUT2D eigenvalue weighted by Crippen LogP contribution is 2.24. The molecule has 0 radical (unpaired) electrons. The zero-order valence-electron chi connectivity index (χ0n) is 46.9. The summed E-state index contributed by atoms with van der Waals surface area (Å²) in [7, 11) is 0. The molecule has 1 rings (SSSR count). The summed E-state index contributed by atoms with van der Waals surface area (Å²) in [5.41, 5.74) is 0. The van der Waals surface area contributed by atoms with E-state index in [0.717, 1.165) is 38.5 Å². The molecule has 0 aromatic rings. The highest BCUT2D eigenvalue weighted by Gasteiger charge is 2.44. The highest BCUT2D eigenvalue weighted by molar-refractivity contribution is 5.80. The summed E-state index contributed by atoms with van der Waals surface area (Å²) in [5, 5.41) is 65.3. The van der Waals surface area contributed by atoms with E-state index in [1.165, 1.54) is 257 Å². The van der Waals surface area contributed by atoms with Gasteiger partial charge in [-0.1, -0.05) is 309 Å². The number of unbranched alkanes of at least 4 members (excludes halogenated alkanes) is 44. The Hall–Kier alpha value is -0.850. The van der Waals surface area contributed by atoms with Gasteiger partial charge in [-0.15, -0.1) is 0 Å². The van der Waals surface area contributed by atoms with Gasteiger partial charge in [-0.3, -0.25) is 4.79 Å². The summed E-state index contributed by atoms with van der Waals surface area (Å²) >= 11 is 0. The van der Waals surface area contributed by atoms with Crippen LogP contribution in [0.5, 0.6) is 0 Å². The molecule has 1 aliphatic heterocycles. The van der Waals surface area contributed by atoms with Crippen molar-refractivity contribution in [3.05, 3.63) is 0 Å². The predicted octanol–water partition coefficient (Wildman–Crippen LogP) is 14.8. The van der Waals surface area contributed by atoms with Crippen molar-refractivity contribution in [1.82, 2.24) is 5.32 Å². The van der Waals surface area contributed by atoms with E-state index in [1.54, 1.807) is 0 Å². The first kappa shape index (κ1) is 68.2. The molecule has 71 heavy (non-hydrogen) atoms. The molecule has 424 valence electrons. The summed E-state index contributed by atoms with van der Waals surface area (Å²) < 4.78 is 11.2. The van der Waals surface area contributed by atoms with E-state index in [9.17, 15) is 35.4 Å². The first-order valence-corrected chi connectivity index (χ1v) is 31.3. The first-order chi connectivity index (χ1) is 34.8. The van der Waals surface area contributed by atoms with E-state index in [-0.39, 0.29) is 6.61 Å². The lowest BCUT2D eigenvalue weighted by atomic mass is 9.99. The van der Waals surface area contributed by atoms with Crippen molar-refractivity contribution in [2.45, 2.75) is 371 Å². The van der Waals surface area contributed by atoms with E-state index in [4.69, 9.17) is 9.47 Å². The average Bonchev–Trinajstić information content (AvgIpc) is 3.37. The first-order valence-electron chi connectivity index (χ1n) is 31.3. The van der Waals surface area contributed by atoms with Gasteiger partial charge in [-0.05, 0) is 12.8 Å². The Balaban J connectivity index is 2.13. The van der Waals surface area contributed by atoms with Crippen molar-refractivity contribution >= 4 is 5.91 Å².